The van der Waals surface area contributed by atoms with Crippen LogP contribution in [0.4, 0.5) is 5.69 Å². The van der Waals surface area contributed by atoms with Crippen molar-refractivity contribution in [2.45, 2.75) is 19.8 Å². The van der Waals surface area contributed by atoms with Crippen LogP contribution in [-0.2, 0) is 4.79 Å². The zero-order chi connectivity index (χ0) is 17.0. The molecule has 0 fully saturated rings. The molecule has 3 nitrogen and oxygen atoms in total. The van der Waals surface area contributed by atoms with E-state index in [-0.39, 0.29) is 18.4 Å². The molecule has 0 aromatic heterocycles. The maximum atomic E-state index is 12.1. The molecule has 0 saturated heterocycles. The molecule has 0 radical (unpaired) electrons. The number of nitrogens with one attached hydrogen (secondary N) is 1. The first kappa shape index (κ1) is 18.1. The number of hydrogen-bond acceptors (Lipinski definition) is 2. The van der Waals surface area contributed by atoms with Gasteiger partial charge in [-0.3, -0.25) is 4.79 Å². The molecule has 0 heterocycles. The minimum absolute atomic E-state index is 0.122. The molecule has 0 spiro atoms. The van der Waals surface area contributed by atoms with Gasteiger partial charge in [0.1, 0.15) is 5.75 Å². The highest BCUT2D eigenvalue weighted by Gasteiger charge is 2.13. The Morgan fingerprint density at radius 2 is 1.87 bits per heavy atom. The minimum Gasteiger partial charge on any atom is -0.483 e. The number of rotatable bonds is 5. The van der Waals surface area contributed by atoms with E-state index in [1.165, 1.54) is 0 Å². The average Bonchev–Trinajstić information content (AvgIpc) is 2.49. The molecule has 0 unspecified atom stereocenters. The van der Waals surface area contributed by atoms with Crippen molar-refractivity contribution in [1.82, 2.24) is 0 Å². The summed E-state index contributed by atoms with van der Waals surface area (Å²) < 4.78 is 6.62. The summed E-state index contributed by atoms with van der Waals surface area (Å²) in [6.45, 7) is 4.01. The predicted molar refractivity (Wildman–Crippen MR) is 98.8 cm³/mol. The molecule has 1 N–H and O–H groups in total. The summed E-state index contributed by atoms with van der Waals surface area (Å²) in [6.07, 6.45) is 0. The number of ether oxygens (including phenoxy) is 1. The van der Waals surface area contributed by atoms with Gasteiger partial charge in [0.05, 0.1) is 15.7 Å². The van der Waals surface area contributed by atoms with Crippen LogP contribution in [0.5, 0.6) is 5.75 Å². The maximum absolute atomic E-state index is 12.1. The molecule has 23 heavy (non-hydrogen) atoms. The molecule has 1 amide bonds. The first-order chi connectivity index (χ1) is 10.9. The molecular weight excluding hydrogens is 401 g/mol. The second kappa shape index (κ2) is 8.04. The second-order valence-corrected chi connectivity index (χ2v) is 7.00. The molecule has 0 aliphatic heterocycles. The summed E-state index contributed by atoms with van der Waals surface area (Å²) >= 11 is 15.5. The van der Waals surface area contributed by atoms with Gasteiger partial charge >= 0.3 is 0 Å². The molecule has 2 aromatic carbocycles. The van der Waals surface area contributed by atoms with Crippen molar-refractivity contribution in [3.05, 3.63) is 56.5 Å². The smallest absolute Gasteiger partial charge is 0.262 e. The summed E-state index contributed by atoms with van der Waals surface area (Å²) in [4.78, 5) is 12.1. The van der Waals surface area contributed by atoms with Gasteiger partial charge in [-0.2, -0.15) is 0 Å². The van der Waals surface area contributed by atoms with Crippen molar-refractivity contribution in [3.63, 3.8) is 0 Å². The van der Waals surface area contributed by atoms with E-state index in [2.05, 4.69) is 35.1 Å². The molecule has 2 rings (SSSR count). The average molecular weight is 417 g/mol. The van der Waals surface area contributed by atoms with Crippen LogP contribution in [0.2, 0.25) is 10.0 Å². The minimum atomic E-state index is -0.322. The van der Waals surface area contributed by atoms with Crippen LogP contribution in [0.3, 0.4) is 0 Å². The summed E-state index contributed by atoms with van der Waals surface area (Å²) in [5, 5.41) is 3.44. The number of halogens is 3. The van der Waals surface area contributed by atoms with Crippen LogP contribution in [-0.4, -0.2) is 12.5 Å². The number of carbonyl (C=O) groups excluding carboxylic acids is 1. The maximum Gasteiger partial charge on any atom is 0.262 e. The van der Waals surface area contributed by atoms with Crippen LogP contribution in [0.15, 0.2) is 40.9 Å². The molecule has 0 atom stereocenters. The van der Waals surface area contributed by atoms with Crippen LogP contribution < -0.4 is 10.1 Å². The summed E-state index contributed by atoms with van der Waals surface area (Å²) in [5.74, 6) is 0.643. The van der Waals surface area contributed by atoms with E-state index in [9.17, 15) is 4.79 Å². The summed E-state index contributed by atoms with van der Waals surface area (Å²) in [7, 11) is 0. The number of anilines is 1. The summed E-state index contributed by atoms with van der Waals surface area (Å²) in [6, 6.07) is 10.8. The van der Waals surface area contributed by atoms with E-state index in [0.29, 0.717) is 21.5 Å². The molecular formula is C17H16BrCl2NO2. The van der Waals surface area contributed by atoms with Crippen molar-refractivity contribution < 1.29 is 9.53 Å². The SMILES string of the molecule is CC(C)c1cc(Br)ccc1OCC(=O)Nc1c(Cl)cccc1Cl. The van der Waals surface area contributed by atoms with Gasteiger partial charge in [-0.25, -0.2) is 0 Å². The fourth-order valence-electron chi connectivity index (χ4n) is 2.04. The van der Waals surface area contributed by atoms with Crippen LogP contribution in [0, 0.1) is 0 Å². The highest BCUT2D eigenvalue weighted by Crippen LogP contribution is 2.31. The number of para-hydroxylation sites is 1. The monoisotopic (exact) mass is 415 g/mol. The Kier molecular flexibility index (Phi) is 6.33. The third-order valence-electron chi connectivity index (χ3n) is 3.18. The van der Waals surface area contributed by atoms with Gasteiger partial charge in [0.2, 0.25) is 0 Å². The van der Waals surface area contributed by atoms with Crippen LogP contribution >= 0.6 is 39.1 Å². The van der Waals surface area contributed by atoms with Crippen LogP contribution in [0.25, 0.3) is 0 Å². The Morgan fingerprint density at radius 1 is 1.22 bits per heavy atom. The molecule has 0 aliphatic rings. The van der Waals surface area contributed by atoms with Crippen molar-refractivity contribution in [2.75, 3.05) is 11.9 Å². The number of amides is 1. The molecule has 122 valence electrons. The lowest BCUT2D eigenvalue weighted by Crippen LogP contribution is -2.21. The summed E-state index contributed by atoms with van der Waals surface area (Å²) in [5.41, 5.74) is 1.42. The van der Waals surface area contributed by atoms with E-state index in [0.717, 1.165) is 10.0 Å². The van der Waals surface area contributed by atoms with Crippen LogP contribution in [0.1, 0.15) is 25.3 Å². The van der Waals surface area contributed by atoms with Gasteiger partial charge in [-0.05, 0) is 41.8 Å². The number of hydrogen-bond donors (Lipinski definition) is 1. The normalized spacial score (nSPS) is 10.7. The first-order valence-electron chi connectivity index (χ1n) is 7.04. The quantitative estimate of drug-likeness (QED) is 0.659. The third kappa shape index (κ3) is 4.87. The topological polar surface area (TPSA) is 38.3 Å². The Morgan fingerprint density at radius 3 is 2.48 bits per heavy atom. The standard InChI is InChI=1S/C17H16BrCl2NO2/c1-10(2)12-8-11(18)6-7-15(12)23-9-16(22)21-17-13(19)4-3-5-14(17)20/h3-8,10H,9H2,1-2H3,(H,21,22). The lowest BCUT2D eigenvalue weighted by Gasteiger charge is -2.15. The van der Waals surface area contributed by atoms with E-state index in [1.54, 1.807) is 18.2 Å². The molecule has 2 aromatic rings. The van der Waals surface area contributed by atoms with Gasteiger partial charge in [0.25, 0.3) is 5.91 Å². The van der Waals surface area contributed by atoms with Gasteiger partial charge in [0.15, 0.2) is 6.61 Å². The van der Waals surface area contributed by atoms with Gasteiger partial charge in [0, 0.05) is 4.47 Å². The third-order valence-corrected chi connectivity index (χ3v) is 4.30. The molecule has 0 saturated carbocycles. The fraction of sp³-hybridized carbons (Fsp3) is 0.235. The van der Waals surface area contributed by atoms with E-state index in [4.69, 9.17) is 27.9 Å². The highest BCUT2D eigenvalue weighted by molar-refractivity contribution is 9.10. The van der Waals surface area contributed by atoms with Gasteiger partial charge in [-0.15, -0.1) is 0 Å². The zero-order valence-corrected chi connectivity index (χ0v) is 15.8. The second-order valence-electron chi connectivity index (χ2n) is 5.27. The Labute approximate surface area is 154 Å². The molecule has 0 bridgehead atoms. The van der Waals surface area contributed by atoms with Crippen molar-refractivity contribution in [1.29, 1.82) is 0 Å². The van der Waals surface area contributed by atoms with E-state index in [1.807, 2.05) is 18.2 Å². The number of benzene rings is 2. The van der Waals surface area contributed by atoms with Crippen molar-refractivity contribution in [3.8, 4) is 5.75 Å². The van der Waals surface area contributed by atoms with E-state index >= 15 is 0 Å². The fourth-order valence-corrected chi connectivity index (χ4v) is 2.91. The zero-order valence-electron chi connectivity index (χ0n) is 12.7. The molecule has 0 aliphatic carbocycles. The lowest BCUT2D eigenvalue weighted by atomic mass is 10.0. The van der Waals surface area contributed by atoms with Gasteiger partial charge < -0.3 is 10.1 Å². The predicted octanol–water partition coefficient (Wildman–Crippen LogP) is 5.90. The Hall–Kier alpha value is -1.23. The van der Waals surface area contributed by atoms with Crippen molar-refractivity contribution >= 4 is 50.7 Å². The lowest BCUT2D eigenvalue weighted by molar-refractivity contribution is -0.118. The van der Waals surface area contributed by atoms with E-state index < -0.39 is 0 Å². The molecule has 6 heteroatoms. The Bertz CT molecular complexity index is 699. The first-order valence-corrected chi connectivity index (χ1v) is 8.59. The number of carbonyl (C=O) groups is 1. The Balaban J connectivity index is 2.05. The largest absolute Gasteiger partial charge is 0.483 e. The highest BCUT2D eigenvalue weighted by atomic mass is 79.9. The van der Waals surface area contributed by atoms with Gasteiger partial charge in [-0.1, -0.05) is 59.0 Å². The van der Waals surface area contributed by atoms with Crippen molar-refractivity contribution in [2.24, 2.45) is 0 Å².